The van der Waals surface area contributed by atoms with Gasteiger partial charge in [-0.3, -0.25) is 14.3 Å². The lowest BCUT2D eigenvalue weighted by Gasteiger charge is -2.14. The molecule has 0 aliphatic carbocycles. The van der Waals surface area contributed by atoms with Crippen molar-refractivity contribution < 1.29 is 18.0 Å². The van der Waals surface area contributed by atoms with Crippen LogP contribution < -0.4 is 14.9 Å². The largest absolute Gasteiger partial charge is 0.321 e. The first kappa shape index (κ1) is 19.7. The van der Waals surface area contributed by atoms with E-state index in [1.54, 1.807) is 11.0 Å². The van der Waals surface area contributed by atoms with Gasteiger partial charge in [-0.15, -0.1) is 11.3 Å². The Kier molecular flexibility index (Phi) is 5.45. The Morgan fingerprint density at radius 3 is 2.56 bits per heavy atom. The molecule has 1 aliphatic rings. The highest BCUT2D eigenvalue weighted by molar-refractivity contribution is 7.92. The molecule has 10 heteroatoms. The predicted octanol–water partition coefficient (Wildman–Crippen LogP) is 3.46. The number of thiophene rings is 1. The summed E-state index contributed by atoms with van der Waals surface area (Å²) in [5, 5.41) is 3.00. The Hall–Kier alpha value is -2.10. The van der Waals surface area contributed by atoms with Gasteiger partial charge in [0, 0.05) is 28.6 Å². The normalized spacial score (nSPS) is 14.5. The third-order valence-electron chi connectivity index (χ3n) is 3.94. The summed E-state index contributed by atoms with van der Waals surface area (Å²) in [7, 11) is -3.47. The van der Waals surface area contributed by atoms with Crippen LogP contribution in [0.4, 0.5) is 17.1 Å². The van der Waals surface area contributed by atoms with Gasteiger partial charge in [-0.25, -0.2) is 8.42 Å². The van der Waals surface area contributed by atoms with Gasteiger partial charge in [0.05, 0.1) is 22.5 Å². The van der Waals surface area contributed by atoms with E-state index in [1.165, 1.54) is 29.5 Å². The summed E-state index contributed by atoms with van der Waals surface area (Å²) >= 11 is 7.31. The van der Waals surface area contributed by atoms with Crippen molar-refractivity contribution in [1.29, 1.82) is 0 Å². The smallest absolute Gasteiger partial charge is 0.265 e. The highest BCUT2D eigenvalue weighted by Gasteiger charge is 2.25. The minimum Gasteiger partial charge on any atom is -0.321 e. The Balaban J connectivity index is 1.81. The highest BCUT2D eigenvalue weighted by Crippen LogP contribution is 2.33. The summed E-state index contributed by atoms with van der Waals surface area (Å²) < 4.78 is 25.1. The number of aryl methyl sites for hydroxylation is 1. The molecule has 1 aromatic carbocycles. The van der Waals surface area contributed by atoms with Crippen LogP contribution in [0.5, 0.6) is 0 Å². The van der Waals surface area contributed by atoms with Crippen LogP contribution in [0.3, 0.4) is 0 Å². The van der Waals surface area contributed by atoms with Crippen molar-refractivity contribution in [2.75, 3.05) is 27.7 Å². The van der Waals surface area contributed by atoms with E-state index < -0.39 is 10.0 Å². The molecule has 0 atom stereocenters. The van der Waals surface area contributed by atoms with Gasteiger partial charge in [0.15, 0.2) is 0 Å². The SMILES string of the molecule is Cc1sc(C(=O)Nc2cc(Cl)cc(NS(C)(=O)=O)c2)cc1N1CCCC1=O. The average molecular weight is 428 g/mol. The Bertz CT molecular complexity index is 1020. The first-order chi connectivity index (χ1) is 12.6. The Labute approximate surface area is 166 Å². The molecular weight excluding hydrogens is 410 g/mol. The molecule has 0 spiro atoms. The second-order valence-corrected chi connectivity index (χ2v) is 9.70. The topological polar surface area (TPSA) is 95.6 Å². The molecule has 0 bridgehead atoms. The van der Waals surface area contributed by atoms with E-state index in [4.69, 9.17) is 11.6 Å². The molecule has 0 saturated carbocycles. The van der Waals surface area contributed by atoms with E-state index in [1.807, 2.05) is 6.92 Å². The zero-order valence-corrected chi connectivity index (χ0v) is 17.1. The predicted molar refractivity (Wildman–Crippen MR) is 109 cm³/mol. The molecule has 3 rings (SSSR count). The van der Waals surface area contributed by atoms with E-state index in [-0.39, 0.29) is 22.5 Å². The van der Waals surface area contributed by atoms with Crippen LogP contribution in [0, 0.1) is 6.92 Å². The Morgan fingerprint density at radius 1 is 1.22 bits per heavy atom. The number of carbonyl (C=O) groups excluding carboxylic acids is 2. The van der Waals surface area contributed by atoms with Crippen LogP contribution in [0.1, 0.15) is 27.4 Å². The molecule has 1 fully saturated rings. The fraction of sp³-hybridized carbons (Fsp3) is 0.294. The third-order valence-corrected chi connectivity index (χ3v) is 5.80. The fourth-order valence-corrected chi connectivity index (χ4v) is 4.58. The van der Waals surface area contributed by atoms with Gasteiger partial charge < -0.3 is 10.2 Å². The lowest BCUT2D eigenvalue weighted by molar-refractivity contribution is -0.117. The maximum absolute atomic E-state index is 12.6. The molecule has 1 aromatic heterocycles. The van der Waals surface area contributed by atoms with Crippen molar-refractivity contribution >= 4 is 61.8 Å². The van der Waals surface area contributed by atoms with Crippen molar-refractivity contribution in [3.8, 4) is 0 Å². The lowest BCUT2D eigenvalue weighted by atomic mass is 10.2. The molecule has 144 valence electrons. The second-order valence-electron chi connectivity index (χ2n) is 6.26. The van der Waals surface area contributed by atoms with Crippen molar-refractivity contribution in [3.63, 3.8) is 0 Å². The molecule has 0 unspecified atom stereocenters. The summed E-state index contributed by atoms with van der Waals surface area (Å²) in [6, 6.07) is 6.16. The summed E-state index contributed by atoms with van der Waals surface area (Å²) in [6.07, 6.45) is 2.37. The molecule has 7 nitrogen and oxygen atoms in total. The van der Waals surface area contributed by atoms with E-state index in [2.05, 4.69) is 10.0 Å². The zero-order valence-electron chi connectivity index (χ0n) is 14.7. The van der Waals surface area contributed by atoms with Gasteiger partial charge >= 0.3 is 0 Å². The van der Waals surface area contributed by atoms with E-state index >= 15 is 0 Å². The van der Waals surface area contributed by atoms with Crippen LogP contribution in [0.25, 0.3) is 0 Å². The number of amides is 2. The molecule has 2 heterocycles. The molecule has 1 aliphatic heterocycles. The molecule has 2 aromatic rings. The quantitative estimate of drug-likeness (QED) is 0.763. The minimum atomic E-state index is -3.47. The second kappa shape index (κ2) is 7.49. The lowest BCUT2D eigenvalue weighted by Crippen LogP contribution is -2.23. The van der Waals surface area contributed by atoms with E-state index in [0.717, 1.165) is 23.2 Å². The van der Waals surface area contributed by atoms with Crippen LogP contribution in [0.15, 0.2) is 24.3 Å². The number of anilines is 3. The van der Waals surface area contributed by atoms with Crippen molar-refractivity contribution in [2.45, 2.75) is 19.8 Å². The maximum atomic E-state index is 12.6. The summed E-state index contributed by atoms with van der Waals surface area (Å²) in [4.78, 5) is 27.6. The van der Waals surface area contributed by atoms with Gasteiger partial charge in [-0.1, -0.05) is 11.6 Å². The highest BCUT2D eigenvalue weighted by atomic mass is 35.5. The molecule has 2 amide bonds. The number of halogens is 1. The number of hydrogen-bond acceptors (Lipinski definition) is 5. The van der Waals surface area contributed by atoms with E-state index in [0.29, 0.717) is 23.5 Å². The minimum absolute atomic E-state index is 0.0641. The van der Waals surface area contributed by atoms with Crippen LogP contribution in [-0.2, 0) is 14.8 Å². The monoisotopic (exact) mass is 427 g/mol. The summed E-state index contributed by atoms with van der Waals surface area (Å²) in [6.45, 7) is 2.53. The number of carbonyl (C=O) groups is 2. The van der Waals surface area contributed by atoms with Gasteiger partial charge in [0.1, 0.15) is 0 Å². The van der Waals surface area contributed by atoms with Crippen molar-refractivity contribution in [1.82, 2.24) is 0 Å². The first-order valence-electron chi connectivity index (χ1n) is 8.13. The molecular formula is C17H18ClN3O4S2. The van der Waals surface area contributed by atoms with Gasteiger partial charge in [0.25, 0.3) is 5.91 Å². The molecule has 27 heavy (non-hydrogen) atoms. The van der Waals surface area contributed by atoms with Crippen LogP contribution in [-0.4, -0.2) is 33.0 Å². The van der Waals surface area contributed by atoms with Gasteiger partial charge in [0.2, 0.25) is 15.9 Å². The third kappa shape index (κ3) is 4.79. The summed E-state index contributed by atoms with van der Waals surface area (Å²) in [5.74, 6) is -0.289. The van der Waals surface area contributed by atoms with Gasteiger partial charge in [-0.2, -0.15) is 0 Å². The number of nitrogens with zero attached hydrogens (tertiary/aromatic N) is 1. The average Bonchev–Trinajstić information content (AvgIpc) is 3.10. The van der Waals surface area contributed by atoms with Crippen LogP contribution >= 0.6 is 22.9 Å². The standard InChI is InChI=1S/C17H18ClN3O4S2/c1-10-14(21-5-3-4-16(21)22)9-15(26-10)17(23)19-12-6-11(18)7-13(8-12)20-27(2,24)25/h6-9,20H,3-5H2,1-2H3,(H,19,23). The fourth-order valence-electron chi connectivity index (χ4n) is 2.88. The van der Waals surface area contributed by atoms with Crippen LogP contribution in [0.2, 0.25) is 5.02 Å². The van der Waals surface area contributed by atoms with E-state index in [9.17, 15) is 18.0 Å². The molecule has 1 saturated heterocycles. The Morgan fingerprint density at radius 2 is 1.93 bits per heavy atom. The molecule has 0 radical (unpaired) electrons. The number of sulfonamides is 1. The van der Waals surface area contributed by atoms with Crippen molar-refractivity contribution in [2.24, 2.45) is 0 Å². The number of rotatable bonds is 5. The van der Waals surface area contributed by atoms with Crippen molar-refractivity contribution in [3.05, 3.63) is 39.0 Å². The number of benzene rings is 1. The number of nitrogens with one attached hydrogen (secondary N) is 2. The number of hydrogen-bond donors (Lipinski definition) is 2. The molecule has 2 N–H and O–H groups in total. The first-order valence-corrected chi connectivity index (χ1v) is 11.2. The summed E-state index contributed by atoms with van der Waals surface area (Å²) in [5.41, 5.74) is 1.38. The maximum Gasteiger partial charge on any atom is 0.265 e. The zero-order chi connectivity index (χ0) is 19.8. The van der Waals surface area contributed by atoms with Gasteiger partial charge in [-0.05, 0) is 37.6 Å².